The van der Waals surface area contributed by atoms with Gasteiger partial charge in [-0.05, 0) is 18.1 Å². The van der Waals surface area contributed by atoms with Crippen LogP contribution in [0.15, 0.2) is 53.5 Å². The van der Waals surface area contributed by atoms with E-state index in [0.29, 0.717) is 19.0 Å². The molecule has 120 valence electrons. The molecule has 0 saturated heterocycles. The largest absolute Gasteiger partial charge is 0.352 e. The van der Waals surface area contributed by atoms with Gasteiger partial charge in [0, 0.05) is 32.3 Å². The molecule has 0 unspecified atom stereocenters. The van der Waals surface area contributed by atoms with Gasteiger partial charge in [0.25, 0.3) is 5.69 Å². The summed E-state index contributed by atoms with van der Waals surface area (Å²) in [5.41, 5.74) is 3.45. The lowest BCUT2D eigenvalue weighted by Gasteiger charge is -2.12. The van der Waals surface area contributed by atoms with Crippen LogP contribution in [0.5, 0.6) is 0 Å². The molecule has 0 radical (unpaired) electrons. The molecule has 6 heteroatoms. The summed E-state index contributed by atoms with van der Waals surface area (Å²) in [6.45, 7) is 3.29. The maximum atomic E-state index is 10.6. The fourth-order valence-corrected chi connectivity index (χ4v) is 2.15. The highest BCUT2D eigenvalue weighted by Crippen LogP contribution is 2.11. The first-order chi connectivity index (χ1) is 11.1. The van der Waals surface area contributed by atoms with Gasteiger partial charge in [-0.3, -0.25) is 15.1 Å². The van der Waals surface area contributed by atoms with Crippen LogP contribution in [0.2, 0.25) is 0 Å². The van der Waals surface area contributed by atoms with Crippen LogP contribution < -0.4 is 10.6 Å². The van der Waals surface area contributed by atoms with Gasteiger partial charge in [0.05, 0.1) is 4.92 Å². The number of nitrogens with zero attached hydrogens (tertiary/aromatic N) is 2. The number of guanidine groups is 1. The lowest BCUT2D eigenvalue weighted by Crippen LogP contribution is -2.36. The quantitative estimate of drug-likeness (QED) is 0.385. The van der Waals surface area contributed by atoms with Gasteiger partial charge in [-0.15, -0.1) is 0 Å². The lowest BCUT2D eigenvalue weighted by molar-refractivity contribution is -0.384. The van der Waals surface area contributed by atoms with E-state index in [0.717, 1.165) is 5.56 Å². The minimum absolute atomic E-state index is 0.0932. The summed E-state index contributed by atoms with van der Waals surface area (Å²) in [5.74, 6) is 0.685. The Hall–Kier alpha value is -2.89. The van der Waals surface area contributed by atoms with Crippen LogP contribution in [-0.4, -0.2) is 17.9 Å². The van der Waals surface area contributed by atoms with Gasteiger partial charge in [0.2, 0.25) is 0 Å². The van der Waals surface area contributed by atoms with Crippen molar-refractivity contribution in [2.24, 2.45) is 4.99 Å². The topological polar surface area (TPSA) is 79.6 Å². The molecule has 2 rings (SSSR count). The van der Waals surface area contributed by atoms with Crippen molar-refractivity contribution >= 4 is 11.6 Å². The SMILES string of the molecule is CN=C(NCc1ccc([N+](=O)[O-])cc1)NCc1cccc(C)c1. The molecule has 23 heavy (non-hydrogen) atoms. The van der Waals surface area contributed by atoms with Crippen LogP contribution in [0, 0.1) is 17.0 Å². The molecule has 0 aliphatic rings. The van der Waals surface area contributed by atoms with E-state index in [9.17, 15) is 10.1 Å². The fourth-order valence-electron chi connectivity index (χ4n) is 2.15. The molecule has 6 nitrogen and oxygen atoms in total. The number of hydrogen-bond donors (Lipinski definition) is 2. The van der Waals surface area contributed by atoms with E-state index in [1.54, 1.807) is 19.2 Å². The highest BCUT2D eigenvalue weighted by atomic mass is 16.6. The number of aliphatic imine (C=N–C) groups is 1. The summed E-state index contributed by atoms with van der Waals surface area (Å²) in [7, 11) is 1.71. The van der Waals surface area contributed by atoms with Gasteiger partial charge in [-0.2, -0.15) is 0 Å². The highest BCUT2D eigenvalue weighted by molar-refractivity contribution is 5.79. The Morgan fingerprint density at radius 1 is 1.09 bits per heavy atom. The number of non-ortho nitro benzene ring substituents is 1. The zero-order valence-electron chi connectivity index (χ0n) is 13.2. The van der Waals surface area contributed by atoms with Crippen LogP contribution in [0.4, 0.5) is 5.69 Å². The van der Waals surface area contributed by atoms with E-state index in [2.05, 4.69) is 40.7 Å². The number of benzene rings is 2. The Labute approximate surface area is 135 Å². The van der Waals surface area contributed by atoms with Crippen LogP contribution in [0.1, 0.15) is 16.7 Å². The zero-order chi connectivity index (χ0) is 16.7. The lowest BCUT2D eigenvalue weighted by atomic mass is 10.1. The van der Waals surface area contributed by atoms with Gasteiger partial charge in [-0.1, -0.05) is 42.0 Å². The summed E-state index contributed by atoms with van der Waals surface area (Å²) < 4.78 is 0. The number of nitrogens with one attached hydrogen (secondary N) is 2. The highest BCUT2D eigenvalue weighted by Gasteiger charge is 2.04. The third-order valence-corrected chi connectivity index (χ3v) is 3.37. The first kappa shape index (κ1) is 16.5. The minimum atomic E-state index is -0.403. The number of hydrogen-bond acceptors (Lipinski definition) is 3. The fraction of sp³-hybridized carbons (Fsp3) is 0.235. The third-order valence-electron chi connectivity index (χ3n) is 3.37. The summed E-state index contributed by atoms with van der Waals surface area (Å²) in [6, 6.07) is 14.7. The third kappa shape index (κ3) is 5.10. The van der Waals surface area contributed by atoms with Crippen molar-refractivity contribution in [3.05, 3.63) is 75.3 Å². The van der Waals surface area contributed by atoms with E-state index >= 15 is 0 Å². The molecule has 2 aromatic rings. The van der Waals surface area contributed by atoms with Crippen LogP contribution in [-0.2, 0) is 13.1 Å². The average molecular weight is 312 g/mol. The van der Waals surface area contributed by atoms with E-state index in [1.807, 2.05) is 6.07 Å². The first-order valence-electron chi connectivity index (χ1n) is 7.32. The smallest absolute Gasteiger partial charge is 0.269 e. The van der Waals surface area contributed by atoms with Crippen molar-refractivity contribution < 1.29 is 4.92 Å². The number of nitro groups is 1. The molecule has 0 heterocycles. The Bertz CT molecular complexity index is 696. The Kier molecular flexibility index (Phi) is 5.68. The maximum Gasteiger partial charge on any atom is 0.269 e. The van der Waals surface area contributed by atoms with Crippen LogP contribution in [0.3, 0.4) is 0 Å². The van der Waals surface area contributed by atoms with E-state index < -0.39 is 4.92 Å². The summed E-state index contributed by atoms with van der Waals surface area (Å²) in [4.78, 5) is 14.4. The molecule has 2 aromatic carbocycles. The Morgan fingerprint density at radius 2 is 1.74 bits per heavy atom. The molecular formula is C17H20N4O2. The second kappa shape index (κ2) is 7.93. The molecule has 0 amide bonds. The number of rotatable bonds is 5. The van der Waals surface area contributed by atoms with E-state index in [-0.39, 0.29) is 5.69 Å². The average Bonchev–Trinajstić information content (AvgIpc) is 2.55. The zero-order valence-corrected chi connectivity index (χ0v) is 13.2. The molecule has 0 spiro atoms. The van der Waals surface area contributed by atoms with Crippen LogP contribution >= 0.6 is 0 Å². The van der Waals surface area contributed by atoms with Gasteiger partial charge < -0.3 is 10.6 Å². The van der Waals surface area contributed by atoms with Crippen molar-refractivity contribution in [1.29, 1.82) is 0 Å². The molecule has 2 N–H and O–H groups in total. The standard InChI is InChI=1S/C17H20N4O2/c1-13-4-3-5-15(10-13)12-20-17(18-2)19-11-14-6-8-16(9-7-14)21(22)23/h3-10H,11-12H2,1-2H3,(H2,18,19,20). The number of aryl methyl sites for hydroxylation is 1. The van der Waals surface area contributed by atoms with Crippen molar-refractivity contribution in [1.82, 2.24) is 10.6 Å². The summed E-state index contributed by atoms with van der Waals surface area (Å²) in [5, 5.41) is 17.1. The molecule has 0 saturated carbocycles. The first-order valence-corrected chi connectivity index (χ1v) is 7.32. The van der Waals surface area contributed by atoms with Gasteiger partial charge >= 0.3 is 0 Å². The molecular weight excluding hydrogens is 292 g/mol. The van der Waals surface area contributed by atoms with Crippen molar-refractivity contribution in [2.45, 2.75) is 20.0 Å². The monoisotopic (exact) mass is 312 g/mol. The summed E-state index contributed by atoms with van der Waals surface area (Å²) in [6.07, 6.45) is 0. The van der Waals surface area contributed by atoms with Crippen molar-refractivity contribution in [3.8, 4) is 0 Å². The van der Waals surface area contributed by atoms with Crippen molar-refractivity contribution in [3.63, 3.8) is 0 Å². The maximum absolute atomic E-state index is 10.6. The van der Waals surface area contributed by atoms with Gasteiger partial charge in [-0.25, -0.2) is 0 Å². The Morgan fingerprint density at radius 3 is 2.30 bits per heavy atom. The normalized spacial score (nSPS) is 11.1. The van der Waals surface area contributed by atoms with Gasteiger partial charge in [0.15, 0.2) is 5.96 Å². The predicted molar refractivity (Wildman–Crippen MR) is 91.3 cm³/mol. The number of nitro benzene ring substituents is 1. The second-order valence-corrected chi connectivity index (χ2v) is 5.19. The molecule has 0 aliphatic heterocycles. The molecule has 0 atom stereocenters. The van der Waals surface area contributed by atoms with Gasteiger partial charge in [0.1, 0.15) is 0 Å². The van der Waals surface area contributed by atoms with E-state index in [4.69, 9.17) is 0 Å². The molecule has 0 fully saturated rings. The Balaban J connectivity index is 1.86. The predicted octanol–water partition coefficient (Wildman–Crippen LogP) is 2.77. The van der Waals surface area contributed by atoms with E-state index in [1.165, 1.54) is 23.3 Å². The second-order valence-electron chi connectivity index (χ2n) is 5.19. The van der Waals surface area contributed by atoms with Crippen LogP contribution in [0.25, 0.3) is 0 Å². The molecule has 0 bridgehead atoms. The van der Waals surface area contributed by atoms with Crippen molar-refractivity contribution in [2.75, 3.05) is 7.05 Å². The summed E-state index contributed by atoms with van der Waals surface area (Å²) >= 11 is 0. The molecule has 0 aliphatic carbocycles. The minimum Gasteiger partial charge on any atom is -0.352 e. The molecule has 0 aromatic heterocycles.